The van der Waals surface area contributed by atoms with Gasteiger partial charge in [-0.25, -0.2) is 0 Å². The Balaban J connectivity index is 2.02. The van der Waals surface area contributed by atoms with Gasteiger partial charge in [-0.05, 0) is 29.8 Å². The average Bonchev–Trinajstić information content (AvgIpc) is 2.89. The van der Waals surface area contributed by atoms with Crippen molar-refractivity contribution in [1.29, 1.82) is 0 Å². The number of benzene rings is 2. The second kappa shape index (κ2) is 4.78. The van der Waals surface area contributed by atoms with Gasteiger partial charge in [-0.2, -0.15) is 0 Å². The number of phenols is 2. The first-order valence-electron chi connectivity index (χ1n) is 5.91. The zero-order valence-corrected chi connectivity index (χ0v) is 10.9. The molecule has 0 unspecified atom stereocenters. The van der Waals surface area contributed by atoms with Crippen molar-refractivity contribution in [2.45, 2.75) is 0 Å². The van der Waals surface area contributed by atoms with Gasteiger partial charge in [0.05, 0.1) is 0 Å². The Bertz CT molecular complexity index is 702. The van der Waals surface area contributed by atoms with Gasteiger partial charge in [0.25, 0.3) is 0 Å². The first-order chi connectivity index (χ1) is 9.24. The van der Waals surface area contributed by atoms with E-state index in [1.165, 1.54) is 6.07 Å². The standard InChI is InChI=1S/C16H12O2S/c17-12-6-7-13(14(18)10-12)16-9-8-15(19-16)11-4-2-1-3-5-11/h1-10,17-18H. The van der Waals surface area contributed by atoms with Crippen LogP contribution in [-0.2, 0) is 0 Å². The second-order valence-corrected chi connectivity index (χ2v) is 5.32. The van der Waals surface area contributed by atoms with E-state index in [1.807, 2.05) is 30.3 Å². The Kier molecular flexibility index (Phi) is 2.97. The fourth-order valence-electron chi connectivity index (χ4n) is 1.97. The number of rotatable bonds is 2. The molecular formula is C16H12O2S. The number of thiophene rings is 1. The van der Waals surface area contributed by atoms with Crippen LogP contribution in [0.2, 0.25) is 0 Å². The monoisotopic (exact) mass is 268 g/mol. The van der Waals surface area contributed by atoms with Gasteiger partial charge in [0.1, 0.15) is 11.5 Å². The molecule has 19 heavy (non-hydrogen) atoms. The second-order valence-electron chi connectivity index (χ2n) is 4.23. The molecule has 0 aliphatic carbocycles. The number of phenolic OH excluding ortho intramolecular Hbond substituents is 2. The molecule has 0 saturated heterocycles. The number of hydrogen-bond donors (Lipinski definition) is 2. The van der Waals surface area contributed by atoms with Gasteiger partial charge in [-0.3, -0.25) is 0 Å². The summed E-state index contributed by atoms with van der Waals surface area (Å²) in [5.74, 6) is 0.169. The highest BCUT2D eigenvalue weighted by molar-refractivity contribution is 7.18. The predicted octanol–water partition coefficient (Wildman–Crippen LogP) is 4.49. The maximum atomic E-state index is 9.87. The molecule has 2 aromatic carbocycles. The highest BCUT2D eigenvalue weighted by atomic mass is 32.1. The van der Waals surface area contributed by atoms with Crippen molar-refractivity contribution in [3.8, 4) is 32.4 Å². The summed E-state index contributed by atoms with van der Waals surface area (Å²) < 4.78 is 0. The van der Waals surface area contributed by atoms with E-state index in [2.05, 4.69) is 12.1 Å². The summed E-state index contributed by atoms with van der Waals surface area (Å²) in [6.45, 7) is 0. The fourth-order valence-corrected chi connectivity index (χ4v) is 3.01. The summed E-state index contributed by atoms with van der Waals surface area (Å²) in [6.07, 6.45) is 0. The van der Waals surface area contributed by atoms with Crippen LogP contribution in [-0.4, -0.2) is 10.2 Å². The normalized spacial score (nSPS) is 10.5. The third-order valence-corrected chi connectivity index (χ3v) is 4.08. The van der Waals surface area contributed by atoms with E-state index in [0.717, 1.165) is 20.9 Å². The van der Waals surface area contributed by atoms with E-state index in [0.29, 0.717) is 0 Å². The summed E-state index contributed by atoms with van der Waals surface area (Å²) in [4.78, 5) is 2.14. The number of aromatic hydroxyl groups is 2. The Labute approximate surface area is 115 Å². The Morgan fingerprint density at radius 1 is 0.737 bits per heavy atom. The number of hydrogen-bond acceptors (Lipinski definition) is 3. The van der Waals surface area contributed by atoms with Crippen LogP contribution in [0.4, 0.5) is 0 Å². The highest BCUT2D eigenvalue weighted by Gasteiger charge is 2.09. The maximum absolute atomic E-state index is 9.87. The predicted molar refractivity (Wildman–Crippen MR) is 78.5 cm³/mol. The van der Waals surface area contributed by atoms with Crippen LogP contribution in [0.1, 0.15) is 0 Å². The minimum absolute atomic E-state index is 0.0705. The molecule has 0 spiro atoms. The molecule has 94 valence electrons. The van der Waals surface area contributed by atoms with Crippen LogP contribution in [0.3, 0.4) is 0 Å². The SMILES string of the molecule is Oc1ccc(-c2ccc(-c3ccccc3)s2)c(O)c1. The van der Waals surface area contributed by atoms with E-state index < -0.39 is 0 Å². The van der Waals surface area contributed by atoms with Gasteiger partial charge in [-0.15, -0.1) is 11.3 Å². The van der Waals surface area contributed by atoms with E-state index in [-0.39, 0.29) is 11.5 Å². The van der Waals surface area contributed by atoms with Crippen molar-refractivity contribution in [3.63, 3.8) is 0 Å². The van der Waals surface area contributed by atoms with E-state index in [4.69, 9.17) is 0 Å². The van der Waals surface area contributed by atoms with Crippen LogP contribution in [0.15, 0.2) is 60.7 Å². The molecule has 1 aromatic heterocycles. The lowest BCUT2D eigenvalue weighted by Crippen LogP contribution is -1.74. The molecule has 0 saturated carbocycles. The van der Waals surface area contributed by atoms with E-state index in [1.54, 1.807) is 23.5 Å². The summed E-state index contributed by atoms with van der Waals surface area (Å²) in [5.41, 5.74) is 1.90. The summed E-state index contributed by atoms with van der Waals surface area (Å²) in [7, 11) is 0. The van der Waals surface area contributed by atoms with Crippen LogP contribution in [0, 0.1) is 0 Å². The molecule has 2 nitrogen and oxygen atoms in total. The largest absolute Gasteiger partial charge is 0.508 e. The summed E-state index contributed by atoms with van der Waals surface area (Å²) in [6, 6.07) is 18.8. The fraction of sp³-hybridized carbons (Fsp3) is 0. The lowest BCUT2D eigenvalue weighted by Gasteiger charge is -2.02. The third-order valence-electron chi connectivity index (χ3n) is 2.91. The van der Waals surface area contributed by atoms with Crippen molar-refractivity contribution < 1.29 is 10.2 Å². The molecule has 3 heteroatoms. The van der Waals surface area contributed by atoms with Crippen LogP contribution >= 0.6 is 11.3 Å². The summed E-state index contributed by atoms with van der Waals surface area (Å²) >= 11 is 1.62. The Morgan fingerprint density at radius 3 is 2.21 bits per heavy atom. The Hall–Kier alpha value is -2.26. The quantitative estimate of drug-likeness (QED) is 0.718. The van der Waals surface area contributed by atoms with E-state index >= 15 is 0 Å². The lowest BCUT2D eigenvalue weighted by atomic mass is 10.1. The summed E-state index contributed by atoms with van der Waals surface area (Å²) in [5, 5.41) is 19.2. The van der Waals surface area contributed by atoms with Gasteiger partial charge in [0.2, 0.25) is 0 Å². The molecule has 1 heterocycles. The van der Waals surface area contributed by atoms with Crippen LogP contribution < -0.4 is 0 Å². The Morgan fingerprint density at radius 2 is 1.47 bits per heavy atom. The molecule has 0 aliphatic rings. The zero-order chi connectivity index (χ0) is 13.2. The topological polar surface area (TPSA) is 40.5 Å². The van der Waals surface area contributed by atoms with E-state index in [9.17, 15) is 10.2 Å². The van der Waals surface area contributed by atoms with Crippen molar-refractivity contribution in [1.82, 2.24) is 0 Å². The van der Waals surface area contributed by atoms with Crippen molar-refractivity contribution in [3.05, 3.63) is 60.7 Å². The molecule has 3 rings (SSSR count). The highest BCUT2D eigenvalue weighted by Crippen LogP contribution is 2.39. The average molecular weight is 268 g/mol. The van der Waals surface area contributed by atoms with Gasteiger partial charge in [0.15, 0.2) is 0 Å². The smallest absolute Gasteiger partial charge is 0.127 e. The van der Waals surface area contributed by atoms with Gasteiger partial charge >= 0.3 is 0 Å². The molecule has 0 bridgehead atoms. The van der Waals surface area contributed by atoms with Gasteiger partial charge in [0, 0.05) is 21.4 Å². The minimum atomic E-state index is 0.0705. The van der Waals surface area contributed by atoms with Crippen molar-refractivity contribution in [2.24, 2.45) is 0 Å². The van der Waals surface area contributed by atoms with Crippen molar-refractivity contribution in [2.75, 3.05) is 0 Å². The van der Waals surface area contributed by atoms with Crippen molar-refractivity contribution >= 4 is 11.3 Å². The molecule has 0 amide bonds. The van der Waals surface area contributed by atoms with Crippen LogP contribution in [0.5, 0.6) is 11.5 Å². The van der Waals surface area contributed by atoms with Gasteiger partial charge in [-0.1, -0.05) is 30.3 Å². The molecule has 0 atom stereocenters. The first kappa shape index (κ1) is 11.8. The van der Waals surface area contributed by atoms with Gasteiger partial charge < -0.3 is 10.2 Å². The minimum Gasteiger partial charge on any atom is -0.508 e. The molecule has 2 N–H and O–H groups in total. The maximum Gasteiger partial charge on any atom is 0.127 e. The molecular weight excluding hydrogens is 256 g/mol. The zero-order valence-electron chi connectivity index (χ0n) is 10.1. The van der Waals surface area contributed by atoms with Crippen LogP contribution in [0.25, 0.3) is 20.9 Å². The molecule has 0 aliphatic heterocycles. The molecule has 3 aromatic rings. The third kappa shape index (κ3) is 2.33. The lowest BCUT2D eigenvalue weighted by molar-refractivity contribution is 0.452. The first-order valence-corrected chi connectivity index (χ1v) is 6.73. The molecule has 0 fully saturated rings. The molecule has 0 radical (unpaired) electrons.